The number of hydrogen-bond acceptors (Lipinski definition) is 2. The van der Waals surface area contributed by atoms with Gasteiger partial charge >= 0.3 is 6.18 Å². The highest BCUT2D eigenvalue weighted by molar-refractivity contribution is 6.42. The third-order valence-electron chi connectivity index (χ3n) is 2.68. The van der Waals surface area contributed by atoms with Gasteiger partial charge in [-0.25, -0.2) is 0 Å². The SMILES string of the molecule is CN(CC(=O)N(C)CC(F)(F)F)Cc1ccc(Cl)c(Cl)c1. The molecule has 1 amide bonds. The van der Waals surface area contributed by atoms with Gasteiger partial charge in [0.1, 0.15) is 6.54 Å². The standard InChI is InChI=1S/C13H15Cl2F3N2O/c1-19(6-9-3-4-10(14)11(15)5-9)7-12(21)20(2)8-13(16,17)18/h3-5H,6-8H2,1-2H3. The molecule has 0 heterocycles. The predicted molar refractivity (Wildman–Crippen MR) is 76.5 cm³/mol. The smallest absolute Gasteiger partial charge is 0.336 e. The second-order valence-electron chi connectivity index (χ2n) is 4.79. The minimum atomic E-state index is -4.40. The van der Waals surface area contributed by atoms with E-state index in [1.54, 1.807) is 30.1 Å². The Morgan fingerprint density at radius 3 is 2.33 bits per heavy atom. The third-order valence-corrected chi connectivity index (χ3v) is 3.42. The fourth-order valence-corrected chi connectivity index (χ4v) is 2.03. The first-order chi connectivity index (χ1) is 9.58. The average molecular weight is 343 g/mol. The lowest BCUT2D eigenvalue weighted by Gasteiger charge is -2.23. The number of hydrogen-bond donors (Lipinski definition) is 0. The van der Waals surface area contributed by atoms with E-state index in [0.29, 0.717) is 21.5 Å². The van der Waals surface area contributed by atoms with Crippen LogP contribution in [0.1, 0.15) is 5.56 Å². The maximum atomic E-state index is 12.2. The normalized spacial score (nSPS) is 11.8. The van der Waals surface area contributed by atoms with Crippen molar-refractivity contribution in [3.8, 4) is 0 Å². The molecule has 0 aliphatic heterocycles. The molecule has 0 spiro atoms. The molecule has 3 nitrogen and oxygen atoms in total. The lowest BCUT2D eigenvalue weighted by Crippen LogP contribution is -2.41. The predicted octanol–water partition coefficient (Wildman–Crippen LogP) is 3.45. The molecule has 0 atom stereocenters. The molecule has 0 aliphatic rings. The van der Waals surface area contributed by atoms with Crippen LogP contribution < -0.4 is 0 Å². The Morgan fingerprint density at radius 2 is 1.81 bits per heavy atom. The van der Waals surface area contributed by atoms with Crippen molar-refractivity contribution in [2.45, 2.75) is 12.7 Å². The van der Waals surface area contributed by atoms with E-state index in [1.807, 2.05) is 0 Å². The summed E-state index contributed by atoms with van der Waals surface area (Å²) < 4.78 is 36.6. The average Bonchev–Trinajstić information content (AvgIpc) is 2.31. The van der Waals surface area contributed by atoms with Crippen molar-refractivity contribution < 1.29 is 18.0 Å². The molecule has 0 bridgehead atoms. The molecule has 0 aromatic heterocycles. The summed E-state index contributed by atoms with van der Waals surface area (Å²) in [6.45, 7) is -0.998. The Hall–Kier alpha value is -0.980. The second-order valence-corrected chi connectivity index (χ2v) is 5.60. The van der Waals surface area contributed by atoms with Gasteiger partial charge in [0.05, 0.1) is 16.6 Å². The van der Waals surface area contributed by atoms with Crippen LogP contribution in [0.3, 0.4) is 0 Å². The van der Waals surface area contributed by atoms with Gasteiger partial charge < -0.3 is 4.90 Å². The summed E-state index contributed by atoms with van der Waals surface area (Å²) in [5.74, 6) is -0.602. The first kappa shape index (κ1) is 18.1. The highest BCUT2D eigenvalue weighted by Gasteiger charge is 2.31. The van der Waals surface area contributed by atoms with Crippen LogP contribution >= 0.6 is 23.2 Å². The third kappa shape index (κ3) is 6.54. The van der Waals surface area contributed by atoms with E-state index >= 15 is 0 Å². The van der Waals surface area contributed by atoms with Crippen LogP contribution in [0.4, 0.5) is 13.2 Å². The first-order valence-corrected chi connectivity index (χ1v) is 6.77. The van der Waals surface area contributed by atoms with E-state index < -0.39 is 18.6 Å². The van der Waals surface area contributed by atoms with E-state index in [2.05, 4.69) is 0 Å². The Labute approximate surface area is 131 Å². The maximum absolute atomic E-state index is 12.2. The summed E-state index contributed by atoms with van der Waals surface area (Å²) in [5.41, 5.74) is 0.818. The molecule has 0 saturated heterocycles. The molecule has 21 heavy (non-hydrogen) atoms. The number of alkyl halides is 3. The largest absolute Gasteiger partial charge is 0.406 e. The number of benzene rings is 1. The summed E-state index contributed by atoms with van der Waals surface area (Å²) in [4.78, 5) is 13.9. The molecule has 0 fully saturated rings. The Balaban J connectivity index is 2.54. The summed E-state index contributed by atoms with van der Waals surface area (Å²) in [7, 11) is 2.77. The van der Waals surface area contributed by atoms with Gasteiger partial charge in [-0.3, -0.25) is 9.69 Å². The van der Waals surface area contributed by atoms with Gasteiger partial charge in [-0.15, -0.1) is 0 Å². The van der Waals surface area contributed by atoms with Crippen LogP contribution in [0, 0.1) is 0 Å². The molecule has 0 aliphatic carbocycles. The zero-order chi connectivity index (χ0) is 16.2. The number of carbonyl (C=O) groups is 1. The summed E-state index contributed by atoms with van der Waals surface area (Å²) >= 11 is 11.7. The van der Waals surface area contributed by atoms with Crippen LogP contribution in [0.2, 0.25) is 10.0 Å². The Kier molecular flexibility index (Phi) is 6.31. The van der Waals surface area contributed by atoms with Crippen LogP contribution in [-0.2, 0) is 11.3 Å². The summed E-state index contributed by atoms with van der Waals surface area (Å²) in [5, 5.41) is 0.812. The first-order valence-electron chi connectivity index (χ1n) is 6.01. The van der Waals surface area contributed by atoms with Crippen molar-refractivity contribution in [1.82, 2.24) is 9.80 Å². The van der Waals surface area contributed by atoms with Gasteiger partial charge in [0.2, 0.25) is 5.91 Å². The number of halogens is 5. The van der Waals surface area contributed by atoms with Crippen molar-refractivity contribution in [1.29, 1.82) is 0 Å². The number of nitrogens with zero attached hydrogens (tertiary/aromatic N) is 2. The van der Waals surface area contributed by atoms with E-state index in [0.717, 1.165) is 12.6 Å². The zero-order valence-electron chi connectivity index (χ0n) is 11.5. The zero-order valence-corrected chi connectivity index (χ0v) is 13.1. The monoisotopic (exact) mass is 342 g/mol. The number of amides is 1. The fraction of sp³-hybridized carbons (Fsp3) is 0.462. The minimum absolute atomic E-state index is 0.118. The highest BCUT2D eigenvalue weighted by Crippen LogP contribution is 2.23. The van der Waals surface area contributed by atoms with Crippen LogP contribution in [0.15, 0.2) is 18.2 Å². The van der Waals surface area contributed by atoms with Crippen molar-refractivity contribution in [2.75, 3.05) is 27.2 Å². The van der Waals surface area contributed by atoms with Gasteiger partial charge in [0.15, 0.2) is 0 Å². The molecule has 0 N–H and O–H groups in total. The van der Waals surface area contributed by atoms with E-state index in [9.17, 15) is 18.0 Å². The van der Waals surface area contributed by atoms with E-state index in [4.69, 9.17) is 23.2 Å². The molecular weight excluding hydrogens is 328 g/mol. The number of rotatable bonds is 5. The molecular formula is C13H15Cl2F3N2O. The second kappa shape index (κ2) is 7.33. The van der Waals surface area contributed by atoms with Crippen LogP contribution in [-0.4, -0.2) is 49.1 Å². The lowest BCUT2D eigenvalue weighted by atomic mass is 10.2. The van der Waals surface area contributed by atoms with Gasteiger partial charge in [0, 0.05) is 13.6 Å². The molecule has 0 unspecified atom stereocenters. The molecule has 1 aromatic rings. The number of likely N-dealkylation sites (N-methyl/N-ethyl adjacent to an activating group) is 2. The van der Waals surface area contributed by atoms with Crippen molar-refractivity contribution in [2.24, 2.45) is 0 Å². The van der Waals surface area contributed by atoms with Crippen molar-refractivity contribution >= 4 is 29.1 Å². The maximum Gasteiger partial charge on any atom is 0.406 e. The molecule has 8 heteroatoms. The topological polar surface area (TPSA) is 23.6 Å². The highest BCUT2D eigenvalue weighted by atomic mass is 35.5. The van der Waals surface area contributed by atoms with Gasteiger partial charge in [-0.2, -0.15) is 13.2 Å². The van der Waals surface area contributed by atoms with Gasteiger partial charge in [-0.1, -0.05) is 29.3 Å². The van der Waals surface area contributed by atoms with Gasteiger partial charge in [-0.05, 0) is 24.7 Å². The molecule has 1 aromatic carbocycles. The molecule has 1 rings (SSSR count). The van der Waals surface area contributed by atoms with Crippen molar-refractivity contribution in [3.05, 3.63) is 33.8 Å². The van der Waals surface area contributed by atoms with Crippen LogP contribution in [0.5, 0.6) is 0 Å². The molecule has 118 valence electrons. The molecule has 0 radical (unpaired) electrons. The Morgan fingerprint density at radius 1 is 1.19 bits per heavy atom. The Bertz CT molecular complexity index is 509. The van der Waals surface area contributed by atoms with E-state index in [1.165, 1.54) is 0 Å². The van der Waals surface area contributed by atoms with Crippen LogP contribution in [0.25, 0.3) is 0 Å². The molecule has 0 saturated carbocycles. The fourth-order valence-electron chi connectivity index (χ4n) is 1.71. The number of carbonyl (C=O) groups excluding carboxylic acids is 1. The minimum Gasteiger partial charge on any atom is -0.336 e. The summed E-state index contributed by atoms with van der Waals surface area (Å²) in [6, 6.07) is 5.03. The van der Waals surface area contributed by atoms with Gasteiger partial charge in [0.25, 0.3) is 0 Å². The quantitative estimate of drug-likeness (QED) is 0.818. The lowest BCUT2D eigenvalue weighted by molar-refractivity contribution is -0.158. The van der Waals surface area contributed by atoms with Crippen molar-refractivity contribution in [3.63, 3.8) is 0 Å². The van der Waals surface area contributed by atoms with E-state index in [-0.39, 0.29) is 6.54 Å². The summed E-state index contributed by atoms with van der Waals surface area (Å²) in [6.07, 6.45) is -4.40.